The van der Waals surface area contributed by atoms with E-state index >= 15 is 0 Å². The average Bonchev–Trinajstić information content (AvgIpc) is 2.15. The van der Waals surface area contributed by atoms with Gasteiger partial charge in [-0.2, -0.15) is 0 Å². The summed E-state index contributed by atoms with van der Waals surface area (Å²) in [6.45, 7) is 3.78. The van der Waals surface area contributed by atoms with Crippen molar-refractivity contribution in [3.63, 3.8) is 0 Å². The molecule has 0 aliphatic carbocycles. The molecule has 2 nitrogen and oxygen atoms in total. The lowest BCUT2D eigenvalue weighted by atomic mass is 9.97. The van der Waals surface area contributed by atoms with Crippen LogP contribution in [0.5, 0.6) is 0 Å². The van der Waals surface area contributed by atoms with Crippen LogP contribution in [-0.4, -0.2) is 37.8 Å². The first kappa shape index (κ1) is 9.93. The molecular formula is C9H19FN2. The molecule has 1 aliphatic rings. The van der Waals surface area contributed by atoms with Gasteiger partial charge in [-0.15, -0.1) is 0 Å². The van der Waals surface area contributed by atoms with E-state index in [1.165, 1.54) is 12.8 Å². The van der Waals surface area contributed by atoms with Gasteiger partial charge in [-0.05, 0) is 44.8 Å². The second-order valence-electron chi connectivity index (χ2n) is 3.56. The van der Waals surface area contributed by atoms with Crippen molar-refractivity contribution in [1.82, 2.24) is 4.90 Å². The maximum absolute atomic E-state index is 11.8. The molecule has 0 saturated carbocycles. The van der Waals surface area contributed by atoms with Gasteiger partial charge in [0, 0.05) is 6.54 Å². The second-order valence-corrected chi connectivity index (χ2v) is 3.56. The molecular weight excluding hydrogens is 155 g/mol. The number of nitrogens with two attached hydrogens (primary N) is 1. The number of hydrogen-bond donors (Lipinski definition) is 1. The molecule has 1 rings (SSSR count). The van der Waals surface area contributed by atoms with E-state index in [4.69, 9.17) is 5.73 Å². The van der Waals surface area contributed by atoms with Crippen LogP contribution >= 0.6 is 0 Å². The SMILES string of the molecule is NCC1CCN(CCCF)CC1. The number of nitrogens with zero attached hydrogens (tertiary/aromatic N) is 1. The maximum Gasteiger partial charge on any atom is 0.0906 e. The fraction of sp³-hybridized carbons (Fsp3) is 1.00. The Morgan fingerprint density at radius 2 is 2.00 bits per heavy atom. The Balaban J connectivity index is 2.09. The van der Waals surface area contributed by atoms with E-state index in [0.717, 1.165) is 26.2 Å². The van der Waals surface area contributed by atoms with Crippen molar-refractivity contribution in [2.24, 2.45) is 11.7 Å². The standard InChI is InChI=1S/C9H19FN2/c10-4-1-5-12-6-2-9(8-11)3-7-12/h9H,1-8,11H2. The molecule has 3 heteroatoms. The molecule has 1 aliphatic heterocycles. The third kappa shape index (κ3) is 3.07. The van der Waals surface area contributed by atoms with Crippen LogP contribution in [0.3, 0.4) is 0 Å². The van der Waals surface area contributed by atoms with Gasteiger partial charge in [0.1, 0.15) is 0 Å². The molecule has 0 spiro atoms. The van der Waals surface area contributed by atoms with Crippen molar-refractivity contribution in [2.45, 2.75) is 19.3 Å². The Kier molecular flexibility index (Phi) is 4.54. The lowest BCUT2D eigenvalue weighted by Crippen LogP contribution is -2.36. The normalized spacial score (nSPS) is 21.5. The third-order valence-electron chi connectivity index (χ3n) is 2.65. The van der Waals surface area contributed by atoms with Gasteiger partial charge in [-0.3, -0.25) is 4.39 Å². The quantitative estimate of drug-likeness (QED) is 0.689. The molecule has 0 amide bonds. The summed E-state index contributed by atoms with van der Waals surface area (Å²) in [6, 6.07) is 0. The minimum absolute atomic E-state index is 0.184. The smallest absolute Gasteiger partial charge is 0.0906 e. The van der Waals surface area contributed by atoms with E-state index < -0.39 is 0 Å². The lowest BCUT2D eigenvalue weighted by molar-refractivity contribution is 0.181. The van der Waals surface area contributed by atoms with E-state index in [9.17, 15) is 4.39 Å². The van der Waals surface area contributed by atoms with Crippen LogP contribution in [0.15, 0.2) is 0 Å². The summed E-state index contributed by atoms with van der Waals surface area (Å²) in [4.78, 5) is 2.34. The summed E-state index contributed by atoms with van der Waals surface area (Å²) < 4.78 is 11.8. The van der Waals surface area contributed by atoms with Gasteiger partial charge in [0.25, 0.3) is 0 Å². The van der Waals surface area contributed by atoms with Gasteiger partial charge >= 0.3 is 0 Å². The van der Waals surface area contributed by atoms with Crippen LogP contribution in [0.1, 0.15) is 19.3 Å². The van der Waals surface area contributed by atoms with Gasteiger partial charge in [0.05, 0.1) is 6.67 Å². The first-order valence-electron chi connectivity index (χ1n) is 4.85. The predicted octanol–water partition coefficient (Wildman–Crippen LogP) is 1.02. The molecule has 12 heavy (non-hydrogen) atoms. The molecule has 0 radical (unpaired) electrons. The van der Waals surface area contributed by atoms with E-state index in [-0.39, 0.29) is 6.67 Å². The van der Waals surface area contributed by atoms with Crippen LogP contribution in [-0.2, 0) is 0 Å². The second kappa shape index (κ2) is 5.49. The first-order valence-corrected chi connectivity index (χ1v) is 4.85. The molecule has 0 aromatic carbocycles. The van der Waals surface area contributed by atoms with Gasteiger partial charge < -0.3 is 10.6 Å². The van der Waals surface area contributed by atoms with Crippen molar-refractivity contribution in [2.75, 3.05) is 32.9 Å². The summed E-state index contributed by atoms with van der Waals surface area (Å²) in [5, 5.41) is 0. The van der Waals surface area contributed by atoms with E-state index in [2.05, 4.69) is 4.90 Å². The average molecular weight is 174 g/mol. The number of likely N-dealkylation sites (tertiary alicyclic amines) is 1. The highest BCUT2D eigenvalue weighted by Crippen LogP contribution is 2.15. The summed E-state index contributed by atoms with van der Waals surface area (Å²) >= 11 is 0. The third-order valence-corrected chi connectivity index (χ3v) is 2.65. The zero-order valence-electron chi connectivity index (χ0n) is 7.64. The van der Waals surface area contributed by atoms with Crippen molar-refractivity contribution in [3.05, 3.63) is 0 Å². The predicted molar refractivity (Wildman–Crippen MR) is 48.8 cm³/mol. The Morgan fingerprint density at radius 3 is 2.50 bits per heavy atom. The van der Waals surface area contributed by atoms with Crippen LogP contribution in [0, 0.1) is 5.92 Å². The first-order chi connectivity index (χ1) is 5.86. The summed E-state index contributed by atoms with van der Waals surface area (Å²) in [5.41, 5.74) is 5.57. The maximum atomic E-state index is 11.8. The highest BCUT2D eigenvalue weighted by Gasteiger charge is 2.16. The molecule has 0 aromatic heterocycles. The lowest BCUT2D eigenvalue weighted by Gasteiger charge is -2.30. The van der Waals surface area contributed by atoms with Crippen LogP contribution in [0.25, 0.3) is 0 Å². The molecule has 72 valence electrons. The number of halogens is 1. The minimum Gasteiger partial charge on any atom is -0.330 e. The Hall–Kier alpha value is -0.150. The van der Waals surface area contributed by atoms with Crippen LogP contribution < -0.4 is 5.73 Å². The number of piperidine rings is 1. The Labute approximate surface area is 73.9 Å². The molecule has 1 fully saturated rings. The zero-order valence-corrected chi connectivity index (χ0v) is 7.64. The molecule has 0 aromatic rings. The largest absolute Gasteiger partial charge is 0.330 e. The number of hydrogen-bond acceptors (Lipinski definition) is 2. The fourth-order valence-corrected chi connectivity index (χ4v) is 1.73. The van der Waals surface area contributed by atoms with Gasteiger partial charge in [-0.25, -0.2) is 0 Å². The minimum atomic E-state index is -0.184. The topological polar surface area (TPSA) is 29.3 Å². The zero-order chi connectivity index (χ0) is 8.81. The number of rotatable bonds is 4. The van der Waals surface area contributed by atoms with Crippen molar-refractivity contribution in [1.29, 1.82) is 0 Å². The van der Waals surface area contributed by atoms with Crippen molar-refractivity contribution >= 4 is 0 Å². The monoisotopic (exact) mass is 174 g/mol. The summed E-state index contributed by atoms with van der Waals surface area (Å²) in [6.07, 6.45) is 3.08. The molecule has 1 saturated heterocycles. The summed E-state index contributed by atoms with van der Waals surface area (Å²) in [7, 11) is 0. The summed E-state index contributed by atoms with van der Waals surface area (Å²) in [5.74, 6) is 0.714. The molecule has 0 bridgehead atoms. The van der Waals surface area contributed by atoms with Crippen molar-refractivity contribution < 1.29 is 4.39 Å². The molecule has 0 atom stereocenters. The molecule has 0 unspecified atom stereocenters. The van der Waals surface area contributed by atoms with Gasteiger partial charge in [0.15, 0.2) is 0 Å². The highest BCUT2D eigenvalue weighted by atomic mass is 19.1. The Morgan fingerprint density at radius 1 is 1.33 bits per heavy atom. The van der Waals surface area contributed by atoms with Gasteiger partial charge in [0.2, 0.25) is 0 Å². The fourth-order valence-electron chi connectivity index (χ4n) is 1.73. The van der Waals surface area contributed by atoms with E-state index in [1.54, 1.807) is 0 Å². The molecule has 1 heterocycles. The number of alkyl halides is 1. The van der Waals surface area contributed by atoms with Gasteiger partial charge in [-0.1, -0.05) is 0 Å². The van der Waals surface area contributed by atoms with E-state index in [0.29, 0.717) is 12.3 Å². The van der Waals surface area contributed by atoms with Crippen molar-refractivity contribution in [3.8, 4) is 0 Å². The van der Waals surface area contributed by atoms with Crippen LogP contribution in [0.4, 0.5) is 4.39 Å². The van der Waals surface area contributed by atoms with E-state index in [1.807, 2.05) is 0 Å². The highest BCUT2D eigenvalue weighted by molar-refractivity contribution is 4.72. The molecule has 2 N–H and O–H groups in total. The van der Waals surface area contributed by atoms with Crippen LogP contribution in [0.2, 0.25) is 0 Å². The Bertz CT molecular complexity index is 111.